The number of anilines is 1. The Morgan fingerprint density at radius 3 is 1.84 bits per heavy atom. The molecule has 0 aliphatic carbocycles. The van der Waals surface area contributed by atoms with Crippen LogP contribution in [0, 0.1) is 18.3 Å². The van der Waals surface area contributed by atoms with E-state index >= 15 is 0 Å². The molecule has 0 aliphatic rings. The predicted octanol–water partition coefficient (Wildman–Crippen LogP) is 8.85. The number of methoxy groups -OCH3 is 1. The van der Waals surface area contributed by atoms with E-state index in [4.69, 9.17) is 19.2 Å². The predicted molar refractivity (Wildman–Crippen MR) is 254 cm³/mol. The molecule has 2 heterocycles. The minimum absolute atomic E-state index is 0.0447. The molecule has 0 fully saturated rings. The van der Waals surface area contributed by atoms with E-state index in [2.05, 4.69) is 47.7 Å². The maximum atomic E-state index is 13.0. The summed E-state index contributed by atoms with van der Waals surface area (Å²) in [5.41, 5.74) is 5.18. The molecule has 5 aromatic carbocycles. The number of nitrogens with one attached hydrogen (secondary N) is 3. The Bertz CT molecular complexity index is 2720. The van der Waals surface area contributed by atoms with E-state index in [1.54, 1.807) is 68.1 Å². The number of benzene rings is 5. The smallest absolute Gasteiger partial charge is 0.343 e. The number of ether oxygens (including phenoxy) is 2. The van der Waals surface area contributed by atoms with Gasteiger partial charge in [0.15, 0.2) is 11.5 Å². The number of carbonyl (C=O) groups is 5. The molecule has 3 N–H and O–H groups in total. The fourth-order valence-corrected chi connectivity index (χ4v) is 6.09. The molecule has 7 aromatic rings. The number of ketones is 1. The van der Waals surface area contributed by atoms with Gasteiger partial charge in [-0.25, -0.2) is 4.79 Å². The van der Waals surface area contributed by atoms with Crippen LogP contribution in [0.15, 0.2) is 115 Å². The average molecular weight is 935 g/mol. The van der Waals surface area contributed by atoms with Gasteiger partial charge in [-0.15, -0.1) is 0 Å². The van der Waals surface area contributed by atoms with Crippen molar-refractivity contribution in [2.75, 3.05) is 19.0 Å². The number of aryl methyl sites for hydroxylation is 1. The summed E-state index contributed by atoms with van der Waals surface area (Å²) in [6, 6.07) is 34.4. The molecular weight excluding hydrogens is 880 g/mol. The highest BCUT2D eigenvalue weighted by atomic mass is 35.5. The number of halogens is 1. The zero-order chi connectivity index (χ0) is 49.1. The van der Waals surface area contributed by atoms with E-state index in [0.29, 0.717) is 46.1 Å². The van der Waals surface area contributed by atoms with Gasteiger partial charge < -0.3 is 24.6 Å². The molecule has 17 nitrogen and oxygen atoms in total. The summed E-state index contributed by atoms with van der Waals surface area (Å²) >= 11 is 4.64. The Kier molecular flexibility index (Phi) is 19.7. The lowest BCUT2D eigenvalue weighted by atomic mass is 9.82. The van der Waals surface area contributed by atoms with Crippen molar-refractivity contribution in [2.24, 2.45) is 11.3 Å². The number of rotatable bonds is 13. The standard InChI is InChI=1S/C21H32N2O4.C13H11N3O2.C13H9N3O2.C2H3ClO/c1-13(2)23(15(4)24)12-16(19(25)21(5,6)7)20(26)22-17-11-14(3)9-10-18(17)27-8;1-2-4-11(5-3-1)18-17-9-10-6-7-12-13(8-10)15-16-14-12;17-13(18-10-4-2-1-3-5-10)9-6-7-11-12(8-9)15-16-14-11;1-2(3)4/h9-11,13,16H,12H2,1-8H3,(H,22,26);1-8H,9H2,(H,14,15,16);1-8H,(H,14,15,16);1H3. The zero-order valence-electron chi connectivity index (χ0n) is 38.8. The van der Waals surface area contributed by atoms with Gasteiger partial charge in [-0.1, -0.05) is 69.3 Å². The molecule has 0 spiro atoms. The monoisotopic (exact) mass is 934 g/mol. The van der Waals surface area contributed by atoms with Crippen molar-refractivity contribution in [3.8, 4) is 17.2 Å². The minimum Gasteiger partial charge on any atom is -0.495 e. The summed E-state index contributed by atoms with van der Waals surface area (Å²) in [5, 5.41) is 23.4. The van der Waals surface area contributed by atoms with Crippen LogP contribution < -0.4 is 19.7 Å². The van der Waals surface area contributed by atoms with Gasteiger partial charge in [0, 0.05) is 31.8 Å². The maximum Gasteiger partial charge on any atom is 0.343 e. The van der Waals surface area contributed by atoms with Crippen molar-refractivity contribution in [3.63, 3.8) is 0 Å². The van der Waals surface area contributed by atoms with Crippen molar-refractivity contribution in [1.29, 1.82) is 0 Å². The number of aromatic nitrogens is 6. The lowest BCUT2D eigenvalue weighted by Gasteiger charge is -2.31. The number of para-hydroxylation sites is 2. The number of aromatic amines is 2. The highest BCUT2D eigenvalue weighted by molar-refractivity contribution is 6.62. The molecule has 18 heteroatoms. The third-order valence-corrected chi connectivity index (χ3v) is 9.40. The molecule has 0 radical (unpaired) electrons. The topological polar surface area (TPSA) is 221 Å². The summed E-state index contributed by atoms with van der Waals surface area (Å²) < 4.78 is 10.5. The summed E-state index contributed by atoms with van der Waals surface area (Å²) in [6.07, 6.45) is 0. The number of fused-ring (bicyclic) bond motifs is 2. The Morgan fingerprint density at radius 1 is 0.731 bits per heavy atom. The van der Waals surface area contributed by atoms with Crippen LogP contribution in [0.1, 0.15) is 70.0 Å². The van der Waals surface area contributed by atoms with Gasteiger partial charge in [-0.2, -0.15) is 35.7 Å². The molecule has 7 rings (SSSR count). The zero-order valence-corrected chi connectivity index (χ0v) is 39.6. The third kappa shape index (κ3) is 16.8. The fourth-order valence-electron chi connectivity index (χ4n) is 6.09. The van der Waals surface area contributed by atoms with Crippen LogP contribution in [0.4, 0.5) is 5.69 Å². The number of esters is 1. The fraction of sp³-hybridized carbons (Fsp3) is 0.286. The third-order valence-electron chi connectivity index (χ3n) is 9.40. The SMILES string of the molecule is CC(=O)Cl.COc1ccc(C)cc1NC(=O)C(CN(C(C)=O)C(C)C)C(=O)C(C)(C)C.O=C(Oc1ccccc1)c1ccc2n[nH]nc2c1.c1ccc(OOCc2ccc3n[nH]nc3c2)cc1. The van der Waals surface area contributed by atoms with E-state index in [-0.39, 0.29) is 29.5 Å². The van der Waals surface area contributed by atoms with Gasteiger partial charge in [0.25, 0.3) is 0 Å². The Hall–Kier alpha value is -7.50. The summed E-state index contributed by atoms with van der Waals surface area (Å²) in [6.45, 7) is 14.1. The first-order valence-corrected chi connectivity index (χ1v) is 21.4. The van der Waals surface area contributed by atoms with Crippen LogP contribution in [-0.2, 0) is 30.7 Å². The van der Waals surface area contributed by atoms with Crippen LogP contribution in [-0.4, -0.2) is 84.2 Å². The highest BCUT2D eigenvalue weighted by Crippen LogP contribution is 2.28. The molecule has 2 aromatic heterocycles. The molecule has 0 saturated carbocycles. The first-order valence-electron chi connectivity index (χ1n) is 21.0. The Morgan fingerprint density at radius 2 is 1.28 bits per heavy atom. The van der Waals surface area contributed by atoms with Gasteiger partial charge in [-0.05, 0) is 110 Å². The number of nitrogens with zero attached hydrogens (tertiary/aromatic N) is 5. The Balaban J connectivity index is 0.000000215. The molecule has 0 bridgehead atoms. The number of amides is 2. The molecule has 0 aliphatic heterocycles. The van der Waals surface area contributed by atoms with Crippen LogP contribution in [0.2, 0.25) is 0 Å². The lowest BCUT2D eigenvalue weighted by molar-refractivity contribution is -0.217. The number of hydrogen-bond donors (Lipinski definition) is 3. The van der Waals surface area contributed by atoms with Crippen LogP contribution in [0.5, 0.6) is 17.2 Å². The Labute approximate surface area is 393 Å². The van der Waals surface area contributed by atoms with Gasteiger partial charge in [0.1, 0.15) is 46.1 Å². The van der Waals surface area contributed by atoms with Crippen LogP contribution >= 0.6 is 11.6 Å². The van der Waals surface area contributed by atoms with E-state index in [1.807, 2.05) is 93.6 Å². The number of hydrogen-bond acceptors (Lipinski definition) is 13. The normalized spacial score (nSPS) is 11.1. The summed E-state index contributed by atoms with van der Waals surface area (Å²) in [4.78, 5) is 71.0. The van der Waals surface area contributed by atoms with E-state index in [1.165, 1.54) is 21.0 Å². The van der Waals surface area contributed by atoms with Crippen molar-refractivity contribution in [2.45, 2.75) is 68.0 Å². The van der Waals surface area contributed by atoms with E-state index in [9.17, 15) is 24.0 Å². The maximum absolute atomic E-state index is 13.0. The van der Waals surface area contributed by atoms with Gasteiger partial charge in [0.2, 0.25) is 17.1 Å². The quantitative estimate of drug-likeness (QED) is 0.0246. The molecule has 352 valence electrons. The van der Waals surface area contributed by atoms with E-state index in [0.717, 1.165) is 22.2 Å². The summed E-state index contributed by atoms with van der Waals surface area (Å²) in [5.74, 6) is -0.486. The largest absolute Gasteiger partial charge is 0.495 e. The van der Waals surface area contributed by atoms with Crippen LogP contribution in [0.3, 0.4) is 0 Å². The number of Topliss-reactive ketones (excluding diaryl/α,β-unsaturated/α-hetero) is 1. The minimum atomic E-state index is -0.971. The molecule has 67 heavy (non-hydrogen) atoms. The van der Waals surface area contributed by atoms with Gasteiger partial charge in [0.05, 0.1) is 18.4 Å². The molecule has 0 saturated heterocycles. The first-order chi connectivity index (χ1) is 31.9. The van der Waals surface area contributed by atoms with Crippen molar-refractivity contribution >= 4 is 68.2 Å². The van der Waals surface area contributed by atoms with E-state index < -0.39 is 23.2 Å². The van der Waals surface area contributed by atoms with Crippen molar-refractivity contribution in [3.05, 3.63) is 132 Å². The molecular formula is C49H55ClN8O9. The second kappa shape index (κ2) is 25.3. The van der Waals surface area contributed by atoms with Crippen LogP contribution in [0.25, 0.3) is 22.1 Å². The molecule has 1 atom stereocenters. The number of H-pyrrole nitrogens is 2. The second-order valence-corrected chi connectivity index (χ2v) is 16.7. The second-order valence-electron chi connectivity index (χ2n) is 16.1. The lowest BCUT2D eigenvalue weighted by Crippen LogP contribution is -2.47. The first kappa shape index (κ1) is 52.1. The average Bonchev–Trinajstić information content (AvgIpc) is 3.97. The van der Waals surface area contributed by atoms with Crippen molar-refractivity contribution < 1.29 is 43.2 Å². The van der Waals surface area contributed by atoms with Crippen molar-refractivity contribution in [1.82, 2.24) is 35.7 Å². The number of carbonyl (C=O) groups excluding carboxylic acids is 5. The highest BCUT2D eigenvalue weighted by Gasteiger charge is 2.37. The summed E-state index contributed by atoms with van der Waals surface area (Å²) in [7, 11) is 1.52. The molecule has 1 unspecified atom stereocenters. The van der Waals surface area contributed by atoms with Gasteiger partial charge in [-0.3, -0.25) is 19.2 Å². The van der Waals surface area contributed by atoms with Gasteiger partial charge >= 0.3 is 5.97 Å². The molecule has 2 amide bonds.